The van der Waals surface area contributed by atoms with Gasteiger partial charge < -0.3 is 19.9 Å². The fourth-order valence-electron chi connectivity index (χ4n) is 9.48. The Morgan fingerprint density at radius 3 is 2.44 bits per heavy atom. The molecule has 5 rings (SSSR count). The molecule has 0 amide bonds. The van der Waals surface area contributed by atoms with Gasteiger partial charge in [0.1, 0.15) is 0 Å². The van der Waals surface area contributed by atoms with Crippen LogP contribution in [-0.2, 0) is 6.42 Å². The molecule has 3 aliphatic rings. The van der Waals surface area contributed by atoms with E-state index in [1.54, 1.807) is 5.57 Å². The number of furan rings is 1. The topological polar surface area (TPSA) is 65.6 Å². The van der Waals surface area contributed by atoms with Crippen LogP contribution in [0, 0.1) is 33.5 Å². The standard InChI is InChI=1S/C34H48ClNO3/c1-31(2)29(20-37)33(4,17-13-30(31)38)28-12-16-32(3)26(24-15-19-39-21-24)10-11-27(32)34(28,5)22-36-18-14-23-6-8-25(35)9-7-23/h6-9,11,15,19,21,26,28-30,36-38H,10,12-14,16-18,20,22H2,1-5H3/t26-,28+,29-,30-,32-,33+,34-/m0/s1. The van der Waals surface area contributed by atoms with Gasteiger partial charge in [0.15, 0.2) is 0 Å². The van der Waals surface area contributed by atoms with Gasteiger partial charge >= 0.3 is 0 Å². The predicted octanol–water partition coefficient (Wildman–Crippen LogP) is 7.40. The molecule has 214 valence electrons. The van der Waals surface area contributed by atoms with Gasteiger partial charge in [-0.15, -0.1) is 0 Å². The minimum absolute atomic E-state index is 0.0446. The van der Waals surface area contributed by atoms with Crippen LogP contribution in [0.1, 0.15) is 83.8 Å². The average molecular weight is 554 g/mol. The summed E-state index contributed by atoms with van der Waals surface area (Å²) >= 11 is 6.10. The fourth-order valence-corrected chi connectivity index (χ4v) is 9.61. The Morgan fingerprint density at radius 2 is 1.77 bits per heavy atom. The molecule has 3 aliphatic carbocycles. The number of halogens is 1. The van der Waals surface area contributed by atoms with E-state index >= 15 is 0 Å². The Hall–Kier alpha value is -1.59. The van der Waals surface area contributed by atoms with E-state index in [1.807, 2.05) is 24.7 Å². The van der Waals surface area contributed by atoms with Crippen molar-refractivity contribution in [1.29, 1.82) is 0 Å². The van der Waals surface area contributed by atoms with Crippen molar-refractivity contribution in [3.05, 3.63) is 70.7 Å². The fraction of sp³-hybridized carbons (Fsp3) is 0.647. The van der Waals surface area contributed by atoms with E-state index < -0.39 is 0 Å². The third-order valence-corrected chi connectivity index (χ3v) is 12.0. The normalized spacial score (nSPS) is 37.9. The maximum Gasteiger partial charge on any atom is 0.0937 e. The number of benzene rings is 1. The number of allylic oxidation sites excluding steroid dienone is 1. The average Bonchev–Trinajstić information content (AvgIpc) is 3.54. The zero-order valence-electron chi connectivity index (χ0n) is 24.5. The summed E-state index contributed by atoms with van der Waals surface area (Å²) in [4.78, 5) is 0. The molecule has 0 aliphatic heterocycles. The van der Waals surface area contributed by atoms with Crippen molar-refractivity contribution in [3.63, 3.8) is 0 Å². The number of rotatable bonds is 8. The highest BCUT2D eigenvalue weighted by Crippen LogP contribution is 2.69. The zero-order chi connectivity index (χ0) is 28.1. The number of hydrogen-bond acceptors (Lipinski definition) is 4. The number of hydrogen-bond donors (Lipinski definition) is 3. The molecule has 3 N–H and O–H groups in total. The minimum Gasteiger partial charge on any atom is -0.472 e. The van der Waals surface area contributed by atoms with Crippen LogP contribution >= 0.6 is 11.6 Å². The first-order valence-electron chi connectivity index (χ1n) is 14.9. The monoisotopic (exact) mass is 553 g/mol. The van der Waals surface area contributed by atoms with Gasteiger partial charge in [0, 0.05) is 23.6 Å². The Bertz CT molecular complexity index is 1160. The summed E-state index contributed by atoms with van der Waals surface area (Å²) in [6.45, 7) is 13.6. The van der Waals surface area contributed by atoms with E-state index in [9.17, 15) is 10.2 Å². The lowest BCUT2D eigenvalue weighted by Crippen LogP contribution is -2.60. The minimum atomic E-state index is -0.378. The van der Waals surface area contributed by atoms with Crippen LogP contribution < -0.4 is 5.32 Å². The van der Waals surface area contributed by atoms with Gasteiger partial charge in [-0.1, -0.05) is 70.0 Å². The van der Waals surface area contributed by atoms with E-state index in [0.29, 0.717) is 11.8 Å². The Morgan fingerprint density at radius 1 is 1.03 bits per heavy atom. The van der Waals surface area contributed by atoms with Crippen molar-refractivity contribution in [1.82, 2.24) is 5.32 Å². The third-order valence-electron chi connectivity index (χ3n) is 11.7. The predicted molar refractivity (Wildman–Crippen MR) is 159 cm³/mol. The second kappa shape index (κ2) is 10.7. The van der Waals surface area contributed by atoms with Gasteiger partial charge in [-0.05, 0) is 108 Å². The first kappa shape index (κ1) is 28.9. The van der Waals surface area contributed by atoms with Crippen molar-refractivity contribution < 1.29 is 14.6 Å². The first-order chi connectivity index (χ1) is 18.5. The van der Waals surface area contributed by atoms with Crippen molar-refractivity contribution in [3.8, 4) is 0 Å². The summed E-state index contributed by atoms with van der Waals surface area (Å²) in [5.74, 6) is 0.884. The second-order valence-electron chi connectivity index (χ2n) is 14.1. The third kappa shape index (κ3) is 4.84. The number of nitrogens with one attached hydrogen (secondary N) is 1. The molecule has 5 heteroatoms. The van der Waals surface area contributed by atoms with Crippen LogP contribution in [0.3, 0.4) is 0 Å². The lowest BCUT2D eigenvalue weighted by molar-refractivity contribution is -0.157. The van der Waals surface area contributed by atoms with Gasteiger partial charge in [0.2, 0.25) is 0 Å². The molecule has 7 atom stereocenters. The summed E-state index contributed by atoms with van der Waals surface area (Å²) in [6.07, 6.45) is 11.9. The molecule has 0 unspecified atom stereocenters. The molecule has 1 aromatic heterocycles. The van der Waals surface area contributed by atoms with Crippen molar-refractivity contribution in [2.24, 2.45) is 33.5 Å². The molecule has 0 bridgehead atoms. The van der Waals surface area contributed by atoms with E-state index in [1.165, 1.54) is 11.1 Å². The largest absolute Gasteiger partial charge is 0.472 e. The Labute approximate surface area is 240 Å². The van der Waals surface area contributed by atoms with Crippen molar-refractivity contribution in [2.45, 2.75) is 85.2 Å². The van der Waals surface area contributed by atoms with Crippen LogP contribution in [0.2, 0.25) is 5.02 Å². The van der Waals surface area contributed by atoms with Crippen molar-refractivity contribution in [2.75, 3.05) is 19.7 Å². The molecule has 0 saturated heterocycles. The highest BCUT2D eigenvalue weighted by Gasteiger charge is 2.62. The van der Waals surface area contributed by atoms with Crippen LogP contribution in [0.15, 0.2) is 58.9 Å². The Balaban J connectivity index is 1.46. The summed E-state index contributed by atoms with van der Waals surface area (Å²) in [5, 5.41) is 26.4. The summed E-state index contributed by atoms with van der Waals surface area (Å²) in [7, 11) is 0. The van der Waals surface area contributed by atoms with E-state index in [4.69, 9.17) is 16.0 Å². The van der Waals surface area contributed by atoms with Gasteiger partial charge in [0.05, 0.1) is 18.6 Å². The quantitative estimate of drug-likeness (QED) is 0.235. The molecular formula is C34H48ClNO3. The molecule has 0 radical (unpaired) electrons. The van der Waals surface area contributed by atoms with Crippen LogP contribution in [0.5, 0.6) is 0 Å². The molecule has 2 fully saturated rings. The van der Waals surface area contributed by atoms with Crippen LogP contribution in [-0.4, -0.2) is 36.0 Å². The van der Waals surface area contributed by atoms with Crippen LogP contribution in [0.4, 0.5) is 0 Å². The summed E-state index contributed by atoms with van der Waals surface area (Å²) < 4.78 is 5.53. The molecule has 1 aromatic carbocycles. The Kier molecular flexibility index (Phi) is 7.91. The lowest BCUT2D eigenvalue weighted by atomic mass is 9.42. The molecule has 0 spiro atoms. The molecular weight excluding hydrogens is 506 g/mol. The summed E-state index contributed by atoms with van der Waals surface area (Å²) in [5.41, 5.74) is 3.81. The van der Waals surface area contributed by atoms with Gasteiger partial charge in [0.25, 0.3) is 0 Å². The number of aliphatic hydroxyl groups is 2. The first-order valence-corrected chi connectivity index (χ1v) is 15.3. The molecule has 2 saturated carbocycles. The second-order valence-corrected chi connectivity index (χ2v) is 14.5. The van der Waals surface area contributed by atoms with E-state index in [2.05, 4.69) is 64.2 Å². The summed E-state index contributed by atoms with van der Waals surface area (Å²) in [6, 6.07) is 10.3. The maximum atomic E-state index is 11.0. The molecule has 4 nitrogen and oxygen atoms in total. The molecule has 1 heterocycles. The highest BCUT2D eigenvalue weighted by atomic mass is 35.5. The molecule has 2 aromatic rings. The van der Waals surface area contributed by atoms with Crippen LogP contribution in [0.25, 0.3) is 0 Å². The molecule has 39 heavy (non-hydrogen) atoms. The maximum absolute atomic E-state index is 11.0. The van der Waals surface area contributed by atoms with E-state index in [-0.39, 0.29) is 40.3 Å². The highest BCUT2D eigenvalue weighted by molar-refractivity contribution is 6.30. The SMILES string of the molecule is CC1(C)[C@@H](O)CC[C@](C)([C@H]2CC[C@]3(C)C(=CC[C@H]3c3ccoc3)[C@]2(C)CNCCc2ccc(Cl)cc2)[C@H]1CO. The van der Waals surface area contributed by atoms with Gasteiger partial charge in [-0.25, -0.2) is 0 Å². The van der Waals surface area contributed by atoms with Crippen molar-refractivity contribution >= 4 is 11.6 Å². The smallest absolute Gasteiger partial charge is 0.0937 e. The lowest BCUT2D eigenvalue weighted by Gasteiger charge is -2.63. The van der Waals surface area contributed by atoms with E-state index in [0.717, 1.165) is 56.6 Å². The number of fused-ring (bicyclic) bond motifs is 1. The van der Waals surface area contributed by atoms with Gasteiger partial charge in [-0.3, -0.25) is 0 Å². The zero-order valence-corrected chi connectivity index (χ0v) is 25.2. The number of aliphatic hydroxyl groups excluding tert-OH is 2. The van der Waals surface area contributed by atoms with Gasteiger partial charge in [-0.2, -0.15) is 0 Å².